The zero-order valence-corrected chi connectivity index (χ0v) is 12.8. The van der Waals surface area contributed by atoms with E-state index in [9.17, 15) is 0 Å². The van der Waals surface area contributed by atoms with E-state index >= 15 is 0 Å². The summed E-state index contributed by atoms with van der Waals surface area (Å²) in [5.41, 5.74) is 2.64. The third kappa shape index (κ3) is 4.16. The highest BCUT2D eigenvalue weighted by Gasteiger charge is 2.05. The second-order valence-electron chi connectivity index (χ2n) is 4.71. The van der Waals surface area contributed by atoms with Gasteiger partial charge in [0.1, 0.15) is 18.2 Å². The molecule has 21 heavy (non-hydrogen) atoms. The maximum atomic E-state index is 5.10. The molecule has 2 rings (SSSR count). The van der Waals surface area contributed by atoms with Gasteiger partial charge in [0.05, 0.1) is 0 Å². The van der Waals surface area contributed by atoms with Gasteiger partial charge < -0.3 is 15.4 Å². The number of hydrogen-bond donors (Lipinski definition) is 2. The zero-order valence-electron chi connectivity index (χ0n) is 12.8. The summed E-state index contributed by atoms with van der Waals surface area (Å²) in [5.74, 6) is 2.24. The first-order valence-corrected chi connectivity index (χ1v) is 7.12. The molecule has 0 unspecified atom stereocenters. The predicted molar refractivity (Wildman–Crippen MR) is 85.4 cm³/mol. The van der Waals surface area contributed by atoms with E-state index in [4.69, 9.17) is 4.74 Å². The molecule has 0 fully saturated rings. The molecule has 0 saturated heterocycles. The molecule has 0 amide bonds. The van der Waals surface area contributed by atoms with Crippen molar-refractivity contribution in [3.8, 4) is 0 Å². The fourth-order valence-electron chi connectivity index (χ4n) is 2.17. The molecule has 0 aliphatic heterocycles. The number of aryl methyl sites for hydroxylation is 1. The van der Waals surface area contributed by atoms with Crippen LogP contribution in [0.3, 0.4) is 0 Å². The van der Waals surface area contributed by atoms with Crippen molar-refractivity contribution in [2.75, 3.05) is 24.8 Å². The van der Waals surface area contributed by atoms with Crippen LogP contribution in [0.5, 0.6) is 0 Å². The van der Waals surface area contributed by atoms with Crippen LogP contribution < -0.4 is 10.6 Å². The second-order valence-corrected chi connectivity index (χ2v) is 4.71. The van der Waals surface area contributed by atoms with Gasteiger partial charge in [-0.1, -0.05) is 31.2 Å². The minimum atomic E-state index is 0.399. The van der Waals surface area contributed by atoms with Gasteiger partial charge in [-0.25, -0.2) is 9.97 Å². The van der Waals surface area contributed by atoms with Crippen molar-refractivity contribution >= 4 is 11.6 Å². The topological polar surface area (TPSA) is 59.1 Å². The number of nitrogens with one attached hydrogen (secondary N) is 2. The normalized spacial score (nSPS) is 10.4. The molecular formula is C16H22N4O. The highest BCUT2D eigenvalue weighted by Crippen LogP contribution is 2.15. The molecule has 1 aromatic carbocycles. The smallest absolute Gasteiger partial charge is 0.158 e. The summed E-state index contributed by atoms with van der Waals surface area (Å²) < 4.78 is 5.10. The maximum absolute atomic E-state index is 5.10. The van der Waals surface area contributed by atoms with Gasteiger partial charge in [0, 0.05) is 26.8 Å². The molecule has 0 atom stereocenters. The zero-order chi connectivity index (χ0) is 15.1. The van der Waals surface area contributed by atoms with Gasteiger partial charge in [-0.05, 0) is 17.5 Å². The summed E-state index contributed by atoms with van der Waals surface area (Å²) >= 11 is 0. The SMILES string of the molecule is CCc1ccccc1CNc1cc(NC)nc(COC)n1. The van der Waals surface area contributed by atoms with Gasteiger partial charge in [0.15, 0.2) is 5.82 Å². The molecule has 0 spiro atoms. The predicted octanol–water partition coefficient (Wildman–Crippen LogP) is 2.84. The van der Waals surface area contributed by atoms with Gasteiger partial charge in [-0.15, -0.1) is 0 Å². The van der Waals surface area contributed by atoms with E-state index in [1.54, 1.807) is 7.11 Å². The number of hydrogen-bond acceptors (Lipinski definition) is 5. The van der Waals surface area contributed by atoms with Gasteiger partial charge in [-0.2, -0.15) is 0 Å². The summed E-state index contributed by atoms with van der Waals surface area (Å²) in [6, 6.07) is 10.3. The molecule has 2 N–H and O–H groups in total. The van der Waals surface area contributed by atoms with Crippen LogP contribution in [0.1, 0.15) is 23.9 Å². The standard InChI is InChI=1S/C16H22N4O/c1-4-12-7-5-6-8-13(12)10-18-15-9-14(17-2)19-16(20-15)11-21-3/h5-9H,4,10-11H2,1-3H3,(H2,17,18,19,20). The highest BCUT2D eigenvalue weighted by molar-refractivity contribution is 5.47. The minimum absolute atomic E-state index is 0.399. The van der Waals surface area contributed by atoms with Crippen molar-refractivity contribution in [2.24, 2.45) is 0 Å². The Morgan fingerprint density at radius 1 is 1.10 bits per heavy atom. The third-order valence-electron chi connectivity index (χ3n) is 3.26. The first-order chi connectivity index (χ1) is 10.3. The molecule has 0 bridgehead atoms. The van der Waals surface area contributed by atoms with Crippen LogP contribution in [-0.4, -0.2) is 24.1 Å². The second kappa shape index (κ2) is 7.59. The molecule has 1 heterocycles. The lowest BCUT2D eigenvalue weighted by atomic mass is 10.1. The van der Waals surface area contributed by atoms with Crippen LogP contribution in [-0.2, 0) is 24.3 Å². The lowest BCUT2D eigenvalue weighted by molar-refractivity contribution is 0.178. The summed E-state index contributed by atoms with van der Waals surface area (Å²) in [7, 11) is 3.48. The van der Waals surface area contributed by atoms with Crippen LogP contribution in [0.4, 0.5) is 11.6 Å². The van der Waals surface area contributed by atoms with E-state index in [2.05, 4.69) is 51.8 Å². The van der Waals surface area contributed by atoms with Gasteiger partial charge in [-0.3, -0.25) is 0 Å². The number of methoxy groups -OCH3 is 1. The fraction of sp³-hybridized carbons (Fsp3) is 0.375. The Hall–Kier alpha value is -2.14. The number of anilines is 2. The largest absolute Gasteiger partial charge is 0.377 e. The Balaban J connectivity index is 2.13. The lowest BCUT2D eigenvalue weighted by Crippen LogP contribution is -2.08. The number of benzene rings is 1. The Labute approximate surface area is 125 Å². The molecule has 2 aromatic rings. The molecule has 5 nitrogen and oxygen atoms in total. The van der Waals surface area contributed by atoms with Crippen LogP contribution in [0.2, 0.25) is 0 Å². The average molecular weight is 286 g/mol. The van der Waals surface area contributed by atoms with E-state index in [1.807, 2.05) is 13.1 Å². The van der Waals surface area contributed by atoms with Crippen molar-refractivity contribution in [3.63, 3.8) is 0 Å². The minimum Gasteiger partial charge on any atom is -0.377 e. The summed E-state index contributed by atoms with van der Waals surface area (Å²) in [5, 5.41) is 6.40. The molecule has 0 saturated carbocycles. The van der Waals surface area contributed by atoms with Crippen molar-refractivity contribution in [1.29, 1.82) is 0 Å². The molecule has 0 aliphatic rings. The molecule has 0 aliphatic carbocycles. The monoisotopic (exact) mass is 286 g/mol. The molecule has 0 radical (unpaired) electrons. The van der Waals surface area contributed by atoms with Crippen molar-refractivity contribution in [2.45, 2.75) is 26.5 Å². The summed E-state index contributed by atoms with van der Waals surface area (Å²) in [4.78, 5) is 8.80. The number of rotatable bonds is 7. The Kier molecular flexibility index (Phi) is 5.51. The van der Waals surface area contributed by atoms with E-state index in [0.29, 0.717) is 12.4 Å². The lowest BCUT2D eigenvalue weighted by Gasteiger charge is -2.11. The van der Waals surface area contributed by atoms with E-state index in [-0.39, 0.29) is 0 Å². The summed E-state index contributed by atoms with van der Waals surface area (Å²) in [6.45, 7) is 3.31. The van der Waals surface area contributed by atoms with Crippen LogP contribution >= 0.6 is 0 Å². The van der Waals surface area contributed by atoms with Crippen LogP contribution in [0, 0.1) is 0 Å². The van der Waals surface area contributed by atoms with Crippen molar-refractivity contribution < 1.29 is 4.74 Å². The summed E-state index contributed by atoms with van der Waals surface area (Å²) in [6.07, 6.45) is 1.03. The highest BCUT2D eigenvalue weighted by atomic mass is 16.5. The average Bonchev–Trinajstić information content (AvgIpc) is 2.53. The van der Waals surface area contributed by atoms with Crippen LogP contribution in [0.25, 0.3) is 0 Å². The van der Waals surface area contributed by atoms with E-state index < -0.39 is 0 Å². The fourth-order valence-corrected chi connectivity index (χ4v) is 2.17. The van der Waals surface area contributed by atoms with E-state index in [1.165, 1.54) is 11.1 Å². The van der Waals surface area contributed by atoms with Crippen LogP contribution in [0.15, 0.2) is 30.3 Å². The quantitative estimate of drug-likeness (QED) is 0.819. The number of aromatic nitrogens is 2. The maximum Gasteiger partial charge on any atom is 0.158 e. The molecule has 1 aromatic heterocycles. The van der Waals surface area contributed by atoms with Gasteiger partial charge in [0.2, 0.25) is 0 Å². The van der Waals surface area contributed by atoms with Crippen molar-refractivity contribution in [3.05, 3.63) is 47.3 Å². The Morgan fingerprint density at radius 2 is 1.81 bits per heavy atom. The van der Waals surface area contributed by atoms with Crippen molar-refractivity contribution in [1.82, 2.24) is 9.97 Å². The Morgan fingerprint density at radius 3 is 2.48 bits per heavy atom. The first kappa shape index (κ1) is 15.3. The van der Waals surface area contributed by atoms with Gasteiger partial charge in [0.25, 0.3) is 0 Å². The van der Waals surface area contributed by atoms with E-state index in [0.717, 1.165) is 24.6 Å². The number of ether oxygens (including phenoxy) is 1. The number of nitrogens with zero attached hydrogens (tertiary/aromatic N) is 2. The third-order valence-corrected chi connectivity index (χ3v) is 3.26. The molecule has 5 heteroatoms. The Bertz CT molecular complexity index is 586. The van der Waals surface area contributed by atoms with Gasteiger partial charge >= 0.3 is 0 Å². The molecule has 112 valence electrons. The first-order valence-electron chi connectivity index (χ1n) is 7.12. The molecular weight excluding hydrogens is 264 g/mol.